The highest BCUT2D eigenvalue weighted by molar-refractivity contribution is 7.92. The number of fused-ring (bicyclic) bond motifs is 2. The molecule has 0 unspecified atom stereocenters. The van der Waals surface area contributed by atoms with Gasteiger partial charge in [0.15, 0.2) is 16.3 Å². The van der Waals surface area contributed by atoms with E-state index in [0.717, 1.165) is 10.2 Å². The van der Waals surface area contributed by atoms with Crippen molar-refractivity contribution in [1.29, 1.82) is 0 Å². The average molecular weight is 542 g/mol. The number of anilines is 1. The van der Waals surface area contributed by atoms with E-state index in [1.54, 1.807) is 24.3 Å². The van der Waals surface area contributed by atoms with Gasteiger partial charge in [0.25, 0.3) is 15.9 Å². The molecule has 2 heterocycles. The van der Waals surface area contributed by atoms with E-state index in [9.17, 15) is 13.2 Å². The summed E-state index contributed by atoms with van der Waals surface area (Å²) in [5.74, 6) is 0.784. The molecular weight excluding hydrogens is 522 g/mol. The quantitative estimate of drug-likeness (QED) is 0.352. The SMILES string of the molecule is C=CCn1c(=NC(=O)c2cccc(NS(=O)(=O)c3ccc(Cl)cc3)c2)sc2cc3c(cc21)OCCO3. The van der Waals surface area contributed by atoms with Gasteiger partial charge in [-0.05, 0) is 42.5 Å². The molecule has 1 aliphatic rings. The Balaban J connectivity index is 1.48. The number of benzene rings is 3. The van der Waals surface area contributed by atoms with Crippen molar-refractivity contribution in [2.45, 2.75) is 11.4 Å². The fourth-order valence-corrected chi connectivity index (χ4v) is 5.92. The molecule has 0 atom stereocenters. The number of hydrogen-bond donors (Lipinski definition) is 1. The summed E-state index contributed by atoms with van der Waals surface area (Å²) in [6.45, 7) is 5.20. The van der Waals surface area contributed by atoms with Crippen LogP contribution >= 0.6 is 22.9 Å². The summed E-state index contributed by atoms with van der Waals surface area (Å²) in [7, 11) is -3.86. The number of hydrogen-bond acceptors (Lipinski definition) is 6. The van der Waals surface area contributed by atoms with Crippen molar-refractivity contribution in [3.63, 3.8) is 0 Å². The van der Waals surface area contributed by atoms with Gasteiger partial charge in [-0.1, -0.05) is 35.1 Å². The molecule has 0 aliphatic carbocycles. The van der Waals surface area contributed by atoms with Crippen LogP contribution in [-0.2, 0) is 16.6 Å². The van der Waals surface area contributed by atoms with Crippen LogP contribution in [0.3, 0.4) is 0 Å². The number of halogens is 1. The number of allylic oxidation sites excluding steroid dienone is 1. The van der Waals surface area contributed by atoms with Crippen molar-refractivity contribution < 1.29 is 22.7 Å². The number of nitrogens with zero attached hydrogens (tertiary/aromatic N) is 2. The molecule has 184 valence electrons. The second kappa shape index (κ2) is 9.81. The van der Waals surface area contributed by atoms with Crippen molar-refractivity contribution in [1.82, 2.24) is 4.57 Å². The van der Waals surface area contributed by atoms with Crippen molar-refractivity contribution >= 4 is 54.8 Å². The summed E-state index contributed by atoms with van der Waals surface area (Å²) in [4.78, 5) is 18.0. The molecule has 0 saturated carbocycles. The van der Waals surface area contributed by atoms with Gasteiger partial charge in [-0.2, -0.15) is 4.99 Å². The summed E-state index contributed by atoms with van der Waals surface area (Å²) in [6.07, 6.45) is 1.72. The Morgan fingerprint density at radius 1 is 1.11 bits per heavy atom. The minimum absolute atomic E-state index is 0.0553. The zero-order valence-electron chi connectivity index (χ0n) is 18.8. The van der Waals surface area contributed by atoms with Crippen LogP contribution in [0.5, 0.6) is 11.5 Å². The second-order valence-corrected chi connectivity index (χ2v) is 10.9. The predicted molar refractivity (Wildman–Crippen MR) is 140 cm³/mol. The van der Waals surface area contributed by atoms with E-state index in [1.165, 1.54) is 41.7 Å². The Morgan fingerprint density at radius 3 is 2.56 bits per heavy atom. The lowest BCUT2D eigenvalue weighted by atomic mass is 10.2. The highest BCUT2D eigenvalue weighted by Gasteiger charge is 2.18. The molecule has 0 radical (unpaired) electrons. The van der Waals surface area contributed by atoms with E-state index >= 15 is 0 Å². The van der Waals surface area contributed by atoms with Crippen LogP contribution in [0.25, 0.3) is 10.2 Å². The molecule has 0 fully saturated rings. The van der Waals surface area contributed by atoms with E-state index in [-0.39, 0.29) is 16.1 Å². The number of thiazole rings is 1. The van der Waals surface area contributed by atoms with E-state index in [0.29, 0.717) is 41.1 Å². The van der Waals surface area contributed by atoms with Crippen LogP contribution in [0.4, 0.5) is 5.69 Å². The molecule has 1 amide bonds. The second-order valence-electron chi connectivity index (χ2n) is 7.80. The standard InChI is InChI=1S/C25H20ClN3O5S2/c1-2-10-29-20-14-21-22(34-12-11-33-21)15-23(20)35-25(29)27-24(30)16-4-3-5-18(13-16)28-36(31,32)19-8-6-17(26)7-9-19/h2-9,13-15,28H,1,10-12H2. The molecule has 3 aromatic carbocycles. The van der Waals surface area contributed by atoms with Crippen molar-refractivity contribution in [3.05, 3.63) is 88.7 Å². The third-order valence-corrected chi connectivity index (χ3v) is 8.03. The van der Waals surface area contributed by atoms with Crippen LogP contribution in [0, 0.1) is 0 Å². The molecule has 4 aromatic rings. The third kappa shape index (κ3) is 4.88. The zero-order chi connectivity index (χ0) is 25.3. The number of nitrogens with one attached hydrogen (secondary N) is 1. The molecular formula is C25H20ClN3O5S2. The van der Waals surface area contributed by atoms with Crippen molar-refractivity contribution in [2.24, 2.45) is 4.99 Å². The van der Waals surface area contributed by atoms with Crippen LogP contribution < -0.4 is 19.0 Å². The topological polar surface area (TPSA) is 99.0 Å². The summed E-state index contributed by atoms with van der Waals surface area (Å²) < 4.78 is 42.0. The van der Waals surface area contributed by atoms with Crippen LogP contribution in [0.1, 0.15) is 10.4 Å². The highest BCUT2D eigenvalue weighted by atomic mass is 35.5. The number of rotatable bonds is 6. The number of amides is 1. The molecule has 5 rings (SSSR count). The third-order valence-electron chi connectivity index (χ3n) is 5.34. The maximum atomic E-state index is 13.1. The molecule has 0 bridgehead atoms. The number of sulfonamides is 1. The van der Waals surface area contributed by atoms with Crippen LogP contribution in [-0.4, -0.2) is 32.1 Å². The first-order valence-corrected chi connectivity index (χ1v) is 13.5. The summed E-state index contributed by atoms with van der Waals surface area (Å²) in [5, 5.41) is 0.429. The largest absolute Gasteiger partial charge is 0.486 e. The van der Waals surface area contributed by atoms with Gasteiger partial charge < -0.3 is 14.0 Å². The minimum Gasteiger partial charge on any atom is -0.486 e. The van der Waals surface area contributed by atoms with E-state index < -0.39 is 15.9 Å². The van der Waals surface area contributed by atoms with Gasteiger partial charge in [0.1, 0.15) is 13.2 Å². The first kappa shape index (κ1) is 24.1. The molecule has 11 heteroatoms. The summed E-state index contributed by atoms with van der Waals surface area (Å²) in [6, 6.07) is 15.7. The molecule has 0 spiro atoms. The van der Waals surface area contributed by atoms with Gasteiger partial charge in [0, 0.05) is 35.0 Å². The lowest BCUT2D eigenvalue weighted by molar-refractivity contribution is 0.0998. The fraction of sp³-hybridized carbons (Fsp3) is 0.120. The number of aromatic nitrogens is 1. The van der Waals surface area contributed by atoms with Gasteiger partial charge in [0.05, 0.1) is 15.1 Å². The van der Waals surface area contributed by atoms with Gasteiger partial charge in [-0.15, -0.1) is 6.58 Å². The summed E-state index contributed by atoms with van der Waals surface area (Å²) in [5.41, 5.74) is 1.32. The minimum atomic E-state index is -3.86. The number of carbonyl (C=O) groups is 1. The Labute approximate surface area is 216 Å². The Morgan fingerprint density at radius 2 is 1.83 bits per heavy atom. The number of carbonyl (C=O) groups excluding carboxylic acids is 1. The summed E-state index contributed by atoms with van der Waals surface area (Å²) >= 11 is 7.19. The van der Waals surface area contributed by atoms with Crippen molar-refractivity contribution in [2.75, 3.05) is 17.9 Å². The average Bonchev–Trinajstić information content (AvgIpc) is 3.18. The predicted octanol–water partition coefficient (Wildman–Crippen LogP) is 4.86. The maximum Gasteiger partial charge on any atom is 0.279 e. The first-order chi connectivity index (χ1) is 17.3. The van der Waals surface area contributed by atoms with Crippen LogP contribution in [0.2, 0.25) is 5.02 Å². The van der Waals surface area contributed by atoms with Gasteiger partial charge in [0.2, 0.25) is 0 Å². The zero-order valence-corrected chi connectivity index (χ0v) is 21.2. The Hall–Kier alpha value is -3.60. The molecule has 8 nitrogen and oxygen atoms in total. The van der Waals surface area contributed by atoms with Gasteiger partial charge >= 0.3 is 0 Å². The first-order valence-electron chi connectivity index (χ1n) is 10.9. The fourth-order valence-electron chi connectivity index (χ4n) is 3.69. The Bertz CT molecular complexity index is 1660. The maximum absolute atomic E-state index is 13.1. The molecule has 36 heavy (non-hydrogen) atoms. The van der Waals surface area contributed by atoms with E-state index in [1.807, 2.05) is 16.7 Å². The monoisotopic (exact) mass is 541 g/mol. The lowest BCUT2D eigenvalue weighted by Crippen LogP contribution is -2.17. The molecule has 1 aromatic heterocycles. The van der Waals surface area contributed by atoms with Crippen LogP contribution in [0.15, 0.2) is 83.2 Å². The number of ether oxygens (including phenoxy) is 2. The van der Waals surface area contributed by atoms with Gasteiger partial charge in [-0.3, -0.25) is 9.52 Å². The van der Waals surface area contributed by atoms with Gasteiger partial charge in [-0.25, -0.2) is 8.42 Å². The molecule has 1 aliphatic heterocycles. The molecule has 1 N–H and O–H groups in total. The molecule has 0 saturated heterocycles. The van der Waals surface area contributed by atoms with Crippen molar-refractivity contribution in [3.8, 4) is 11.5 Å². The lowest BCUT2D eigenvalue weighted by Gasteiger charge is -2.18. The highest BCUT2D eigenvalue weighted by Crippen LogP contribution is 2.35. The van der Waals surface area contributed by atoms with E-state index in [2.05, 4.69) is 16.3 Å². The van der Waals surface area contributed by atoms with E-state index in [4.69, 9.17) is 21.1 Å². The smallest absolute Gasteiger partial charge is 0.279 e. The normalized spacial score (nSPS) is 13.5. The Kier molecular flexibility index (Phi) is 6.57.